The fourth-order valence-electron chi connectivity index (χ4n) is 2.35. The van der Waals surface area contributed by atoms with E-state index >= 15 is 0 Å². The average Bonchev–Trinajstić information content (AvgIpc) is 2.38. The van der Waals surface area contributed by atoms with E-state index in [1.54, 1.807) is 0 Å². The van der Waals surface area contributed by atoms with Gasteiger partial charge in [0.1, 0.15) is 5.75 Å². The van der Waals surface area contributed by atoms with E-state index in [9.17, 15) is 0 Å². The summed E-state index contributed by atoms with van der Waals surface area (Å²) in [7, 11) is 0. The van der Waals surface area contributed by atoms with E-state index in [1.165, 1.54) is 0 Å². The molecule has 1 heterocycles. The molecule has 0 saturated carbocycles. The molecule has 4 nitrogen and oxygen atoms in total. The van der Waals surface area contributed by atoms with Gasteiger partial charge in [-0.2, -0.15) is 0 Å². The van der Waals surface area contributed by atoms with Gasteiger partial charge in [-0.25, -0.2) is 0 Å². The number of hydrogen-bond donors (Lipinski definition) is 1. The van der Waals surface area contributed by atoms with Crippen molar-refractivity contribution in [3.05, 3.63) is 18.2 Å². The minimum atomic E-state index is 0.426. The number of benzene rings is 1. The monoisotopic (exact) mass is 250 g/mol. The Kier molecular flexibility index (Phi) is 4.31. The summed E-state index contributed by atoms with van der Waals surface area (Å²) in [5.41, 5.74) is 7.83. The molecule has 0 aromatic heterocycles. The summed E-state index contributed by atoms with van der Waals surface area (Å²) in [6, 6.07) is 6.37. The van der Waals surface area contributed by atoms with Gasteiger partial charge >= 0.3 is 0 Å². The van der Waals surface area contributed by atoms with Crippen molar-refractivity contribution in [2.45, 2.75) is 26.3 Å². The summed E-state index contributed by atoms with van der Waals surface area (Å²) in [6.45, 7) is 7.29. The van der Waals surface area contributed by atoms with E-state index in [4.69, 9.17) is 15.2 Å². The predicted molar refractivity (Wildman–Crippen MR) is 74.3 cm³/mol. The SMILES string of the molecule is CCOc1cc(N)cc(N2CCOCC2CC)c1. The Balaban J connectivity index is 2.24. The number of nitrogens with two attached hydrogens (primary N) is 1. The molecule has 1 aliphatic rings. The van der Waals surface area contributed by atoms with Gasteiger partial charge in [0.2, 0.25) is 0 Å². The van der Waals surface area contributed by atoms with Crippen LogP contribution in [-0.2, 0) is 4.74 Å². The van der Waals surface area contributed by atoms with Gasteiger partial charge in [-0.1, -0.05) is 6.92 Å². The van der Waals surface area contributed by atoms with Crippen LogP contribution in [-0.4, -0.2) is 32.4 Å². The molecular weight excluding hydrogens is 228 g/mol. The fraction of sp³-hybridized carbons (Fsp3) is 0.571. The first-order valence-electron chi connectivity index (χ1n) is 6.62. The fourth-order valence-corrected chi connectivity index (χ4v) is 2.35. The third-order valence-electron chi connectivity index (χ3n) is 3.26. The van der Waals surface area contributed by atoms with E-state index in [0.29, 0.717) is 12.6 Å². The molecule has 1 unspecified atom stereocenters. The van der Waals surface area contributed by atoms with Gasteiger partial charge in [0.15, 0.2) is 0 Å². The van der Waals surface area contributed by atoms with Crippen molar-refractivity contribution in [3.63, 3.8) is 0 Å². The molecule has 2 N–H and O–H groups in total. The van der Waals surface area contributed by atoms with Gasteiger partial charge in [-0.05, 0) is 19.4 Å². The van der Waals surface area contributed by atoms with Crippen LogP contribution in [0.3, 0.4) is 0 Å². The Hall–Kier alpha value is -1.42. The van der Waals surface area contributed by atoms with Crippen LogP contribution in [0.1, 0.15) is 20.3 Å². The summed E-state index contributed by atoms with van der Waals surface area (Å²) in [5.74, 6) is 0.842. The molecular formula is C14H22N2O2. The highest BCUT2D eigenvalue weighted by atomic mass is 16.5. The van der Waals surface area contributed by atoms with Crippen LogP contribution in [0, 0.1) is 0 Å². The van der Waals surface area contributed by atoms with E-state index < -0.39 is 0 Å². The largest absolute Gasteiger partial charge is 0.494 e. The molecule has 0 spiro atoms. The molecule has 18 heavy (non-hydrogen) atoms. The van der Waals surface area contributed by atoms with Crippen LogP contribution in [0.2, 0.25) is 0 Å². The highest BCUT2D eigenvalue weighted by molar-refractivity contribution is 5.61. The van der Waals surface area contributed by atoms with Crippen LogP contribution in [0.4, 0.5) is 11.4 Å². The van der Waals surface area contributed by atoms with Gasteiger partial charge in [-0.15, -0.1) is 0 Å². The minimum absolute atomic E-state index is 0.426. The number of morpholine rings is 1. The zero-order valence-corrected chi connectivity index (χ0v) is 11.2. The van der Waals surface area contributed by atoms with Gasteiger partial charge < -0.3 is 20.1 Å². The second-order valence-corrected chi connectivity index (χ2v) is 4.52. The topological polar surface area (TPSA) is 47.7 Å². The third-order valence-corrected chi connectivity index (χ3v) is 3.26. The van der Waals surface area contributed by atoms with Crippen molar-refractivity contribution in [2.75, 3.05) is 37.0 Å². The van der Waals surface area contributed by atoms with Crippen molar-refractivity contribution in [1.29, 1.82) is 0 Å². The van der Waals surface area contributed by atoms with Crippen molar-refractivity contribution >= 4 is 11.4 Å². The van der Waals surface area contributed by atoms with E-state index in [0.717, 1.165) is 43.3 Å². The number of hydrogen-bond acceptors (Lipinski definition) is 4. The molecule has 1 aliphatic heterocycles. The van der Waals surface area contributed by atoms with Crippen LogP contribution in [0.5, 0.6) is 5.75 Å². The molecule has 0 bridgehead atoms. The van der Waals surface area contributed by atoms with Crippen LogP contribution < -0.4 is 15.4 Å². The van der Waals surface area contributed by atoms with Gasteiger partial charge in [-0.3, -0.25) is 0 Å². The van der Waals surface area contributed by atoms with Crippen molar-refractivity contribution < 1.29 is 9.47 Å². The lowest BCUT2D eigenvalue weighted by molar-refractivity contribution is 0.0930. The predicted octanol–water partition coefficient (Wildman–Crippen LogP) is 2.28. The molecule has 0 aliphatic carbocycles. The van der Waals surface area contributed by atoms with Crippen LogP contribution >= 0.6 is 0 Å². The van der Waals surface area contributed by atoms with Crippen molar-refractivity contribution in [3.8, 4) is 5.75 Å². The molecule has 100 valence electrons. The van der Waals surface area contributed by atoms with Gasteiger partial charge in [0.25, 0.3) is 0 Å². The molecule has 4 heteroatoms. The highest BCUT2D eigenvalue weighted by Crippen LogP contribution is 2.28. The summed E-state index contributed by atoms with van der Waals surface area (Å²) in [5, 5.41) is 0. The number of nitrogen functional groups attached to an aromatic ring is 1. The lowest BCUT2D eigenvalue weighted by Crippen LogP contribution is -2.45. The Morgan fingerprint density at radius 3 is 2.94 bits per heavy atom. The third kappa shape index (κ3) is 2.88. The van der Waals surface area contributed by atoms with E-state index in [-0.39, 0.29) is 0 Å². The summed E-state index contributed by atoms with van der Waals surface area (Å²) < 4.78 is 11.1. The first-order valence-corrected chi connectivity index (χ1v) is 6.62. The maximum atomic E-state index is 5.95. The Labute approximate surface area is 109 Å². The first-order chi connectivity index (χ1) is 8.74. The number of rotatable bonds is 4. The van der Waals surface area contributed by atoms with Gasteiger partial charge in [0, 0.05) is 30.1 Å². The lowest BCUT2D eigenvalue weighted by atomic mass is 10.1. The van der Waals surface area contributed by atoms with Crippen LogP contribution in [0.15, 0.2) is 18.2 Å². The second kappa shape index (κ2) is 5.96. The molecule has 1 fully saturated rings. The number of ether oxygens (including phenoxy) is 2. The Morgan fingerprint density at radius 1 is 1.39 bits per heavy atom. The quantitative estimate of drug-likeness (QED) is 0.833. The van der Waals surface area contributed by atoms with Gasteiger partial charge in [0.05, 0.1) is 25.9 Å². The molecule has 1 atom stereocenters. The summed E-state index contributed by atoms with van der Waals surface area (Å²) in [6.07, 6.45) is 1.07. The van der Waals surface area contributed by atoms with E-state index in [2.05, 4.69) is 17.9 Å². The van der Waals surface area contributed by atoms with E-state index in [1.807, 2.05) is 19.1 Å². The summed E-state index contributed by atoms with van der Waals surface area (Å²) >= 11 is 0. The molecule has 0 amide bonds. The number of anilines is 2. The zero-order chi connectivity index (χ0) is 13.0. The Bertz CT molecular complexity index is 395. The van der Waals surface area contributed by atoms with Crippen LogP contribution in [0.25, 0.3) is 0 Å². The van der Waals surface area contributed by atoms with Crippen molar-refractivity contribution in [1.82, 2.24) is 0 Å². The molecule has 1 saturated heterocycles. The zero-order valence-electron chi connectivity index (χ0n) is 11.2. The molecule has 0 radical (unpaired) electrons. The normalized spacial score (nSPS) is 19.9. The minimum Gasteiger partial charge on any atom is -0.494 e. The lowest BCUT2D eigenvalue weighted by Gasteiger charge is -2.37. The molecule has 1 aromatic carbocycles. The second-order valence-electron chi connectivity index (χ2n) is 4.52. The standard InChI is InChI=1S/C14H22N2O2/c1-3-12-10-17-6-5-16(12)13-7-11(15)8-14(9-13)18-4-2/h7-9,12H,3-6,10,15H2,1-2H3. The first kappa shape index (κ1) is 13.0. The van der Waals surface area contributed by atoms with Crippen molar-refractivity contribution in [2.24, 2.45) is 0 Å². The maximum absolute atomic E-state index is 5.95. The Morgan fingerprint density at radius 2 is 2.22 bits per heavy atom. The smallest absolute Gasteiger partial charge is 0.123 e. The summed E-state index contributed by atoms with van der Waals surface area (Å²) in [4.78, 5) is 2.36. The number of nitrogens with zero attached hydrogens (tertiary/aromatic N) is 1. The molecule has 2 rings (SSSR count). The highest BCUT2D eigenvalue weighted by Gasteiger charge is 2.22. The average molecular weight is 250 g/mol. The molecule has 1 aromatic rings. The maximum Gasteiger partial charge on any atom is 0.123 e.